The number of anilines is 1. The van der Waals surface area contributed by atoms with Gasteiger partial charge in [0.1, 0.15) is 0 Å². The molecule has 0 fully saturated rings. The molecule has 2 rings (SSSR count). The molecule has 19 heavy (non-hydrogen) atoms. The minimum absolute atomic E-state index is 0.00660. The Morgan fingerprint density at radius 3 is 2.37 bits per heavy atom. The molecule has 2 aromatic rings. The van der Waals surface area contributed by atoms with Crippen molar-refractivity contribution in [1.29, 1.82) is 0 Å². The molecule has 0 saturated heterocycles. The Balaban J connectivity index is 1.85. The van der Waals surface area contributed by atoms with Gasteiger partial charge >= 0.3 is 120 Å². The van der Waals surface area contributed by atoms with Gasteiger partial charge in [-0.1, -0.05) is 0 Å². The van der Waals surface area contributed by atoms with E-state index in [-0.39, 0.29) is 21.2 Å². The second-order valence-electron chi connectivity index (χ2n) is 4.24. The van der Waals surface area contributed by atoms with E-state index in [4.69, 9.17) is 0 Å². The van der Waals surface area contributed by atoms with E-state index in [0.717, 1.165) is 12.1 Å². The van der Waals surface area contributed by atoms with Crippen molar-refractivity contribution in [3.05, 3.63) is 60.2 Å². The summed E-state index contributed by atoms with van der Waals surface area (Å²) in [5.41, 5.74) is 2.05. The van der Waals surface area contributed by atoms with Gasteiger partial charge in [-0.25, -0.2) is 0 Å². The zero-order chi connectivity index (χ0) is 13.5. The molecule has 2 nitrogen and oxygen atoms in total. The number of hydrogen-bond acceptors (Lipinski definition) is 1. The number of amides is 1. The third kappa shape index (κ3) is 4.49. The van der Waals surface area contributed by atoms with E-state index in [1.807, 2.05) is 54.6 Å². The van der Waals surface area contributed by atoms with Crippen molar-refractivity contribution in [2.24, 2.45) is 0 Å². The van der Waals surface area contributed by atoms with Gasteiger partial charge in [0.2, 0.25) is 0 Å². The Labute approximate surface area is 120 Å². The number of benzene rings is 2. The first-order chi connectivity index (χ1) is 9.28. The summed E-state index contributed by atoms with van der Waals surface area (Å²) in [4.78, 5) is 11.8. The number of aryl methyl sites for hydroxylation is 1. The van der Waals surface area contributed by atoms with E-state index in [1.165, 1.54) is 9.91 Å². The van der Waals surface area contributed by atoms with Crippen molar-refractivity contribution >= 4 is 36.6 Å². The van der Waals surface area contributed by atoms with Gasteiger partial charge in [-0.15, -0.1) is 0 Å². The summed E-state index contributed by atoms with van der Waals surface area (Å²) >= 11 is 0.00660. The van der Waals surface area contributed by atoms with Crippen molar-refractivity contribution in [2.75, 3.05) is 5.32 Å². The summed E-state index contributed by atoms with van der Waals surface area (Å²) in [6, 6.07) is 18.0. The molecular formula is C16H16AsNO. The topological polar surface area (TPSA) is 29.1 Å². The first kappa shape index (κ1) is 13.8. The van der Waals surface area contributed by atoms with Crippen LogP contribution < -0.4 is 9.67 Å². The van der Waals surface area contributed by atoms with Crippen LogP contribution in [-0.4, -0.2) is 26.5 Å². The van der Waals surface area contributed by atoms with Gasteiger partial charge in [0, 0.05) is 0 Å². The fraction of sp³-hybridized carbons (Fsp3) is 0.125. The second-order valence-corrected chi connectivity index (χ2v) is 5.99. The first-order valence-corrected chi connectivity index (χ1v) is 8.45. The van der Waals surface area contributed by atoms with Crippen molar-refractivity contribution in [2.45, 2.75) is 12.8 Å². The summed E-state index contributed by atoms with van der Waals surface area (Å²) in [5.74, 6) is 0.0551. The van der Waals surface area contributed by atoms with Crippen molar-refractivity contribution in [3.8, 4) is 0 Å². The Hall–Kier alpha value is -1.66. The maximum atomic E-state index is 11.8. The molecule has 0 heterocycles. The molecule has 0 radical (unpaired) electrons. The molecule has 0 aliphatic carbocycles. The molecule has 0 atom stereocenters. The average Bonchev–Trinajstić information content (AvgIpc) is 2.47. The monoisotopic (exact) mass is 313 g/mol. The van der Waals surface area contributed by atoms with Crippen molar-refractivity contribution < 1.29 is 4.79 Å². The maximum absolute atomic E-state index is 11.8. The van der Waals surface area contributed by atoms with Crippen LogP contribution in [0, 0.1) is 0 Å². The SMILES string of the molecule is C=[As]c1ccc(NC(=O)CCc2ccccc2)cc1. The van der Waals surface area contributed by atoms with Crippen LogP contribution in [0.15, 0.2) is 54.6 Å². The van der Waals surface area contributed by atoms with Gasteiger partial charge in [-0.3, -0.25) is 0 Å². The Kier molecular flexibility index (Phi) is 5.11. The second kappa shape index (κ2) is 7.06. The number of carbonyl (C=O) groups excluding carboxylic acids is 1. The molecule has 0 saturated carbocycles. The molecule has 0 aliphatic heterocycles. The average molecular weight is 313 g/mol. The molecular weight excluding hydrogens is 297 g/mol. The van der Waals surface area contributed by atoms with Crippen LogP contribution in [0.2, 0.25) is 0 Å². The summed E-state index contributed by atoms with van der Waals surface area (Å²) in [6.07, 6.45) is 1.28. The van der Waals surface area contributed by atoms with Gasteiger partial charge in [0.05, 0.1) is 0 Å². The van der Waals surface area contributed by atoms with Gasteiger partial charge < -0.3 is 0 Å². The molecule has 96 valence electrons. The van der Waals surface area contributed by atoms with Gasteiger partial charge in [-0.05, 0) is 0 Å². The molecule has 1 N–H and O–H groups in total. The Morgan fingerprint density at radius 2 is 1.74 bits per heavy atom. The Bertz CT molecular complexity index is 549. The van der Waals surface area contributed by atoms with E-state index in [2.05, 4.69) is 10.6 Å². The zero-order valence-corrected chi connectivity index (χ0v) is 12.5. The van der Waals surface area contributed by atoms with Crippen molar-refractivity contribution in [3.63, 3.8) is 0 Å². The number of rotatable bonds is 5. The number of hydrogen-bond donors (Lipinski definition) is 1. The Morgan fingerprint density at radius 1 is 1.05 bits per heavy atom. The fourth-order valence-electron chi connectivity index (χ4n) is 1.78. The predicted molar refractivity (Wildman–Crippen MR) is 82.3 cm³/mol. The van der Waals surface area contributed by atoms with Crippen LogP contribution in [0.25, 0.3) is 0 Å². The molecule has 0 spiro atoms. The minimum atomic E-state index is 0.00660. The first-order valence-electron chi connectivity index (χ1n) is 6.18. The fourth-order valence-corrected chi connectivity index (χ4v) is 2.53. The molecule has 0 aliphatic rings. The number of carbonyl (C=O) groups is 1. The number of nitrogens with one attached hydrogen (secondary N) is 1. The van der Waals surface area contributed by atoms with E-state index < -0.39 is 0 Å². The molecule has 2 aromatic carbocycles. The summed E-state index contributed by atoms with van der Waals surface area (Å²) in [5, 5.41) is 6.83. The third-order valence-corrected chi connectivity index (χ3v) is 4.21. The molecule has 0 bridgehead atoms. The summed E-state index contributed by atoms with van der Waals surface area (Å²) in [7, 11) is 0. The van der Waals surface area contributed by atoms with Crippen LogP contribution in [0.4, 0.5) is 5.69 Å². The van der Waals surface area contributed by atoms with E-state index >= 15 is 0 Å². The van der Waals surface area contributed by atoms with Crippen LogP contribution in [0.3, 0.4) is 0 Å². The van der Waals surface area contributed by atoms with Crippen molar-refractivity contribution in [1.82, 2.24) is 0 Å². The summed E-state index contributed by atoms with van der Waals surface area (Å²) < 4.78 is 1.26. The van der Waals surface area contributed by atoms with Crippen LogP contribution >= 0.6 is 0 Å². The third-order valence-electron chi connectivity index (χ3n) is 2.82. The quantitative estimate of drug-likeness (QED) is 0.841. The van der Waals surface area contributed by atoms with E-state index in [1.54, 1.807) is 0 Å². The standard InChI is InChI=1S/C16H16AsNO/c1-17-14-8-10-15(11-9-14)18-16(19)12-7-13-5-3-2-4-6-13/h2-6,8-11H,1,7,12H2,(H,18,19). The van der Waals surface area contributed by atoms with Crippen LogP contribution in [-0.2, 0) is 11.2 Å². The van der Waals surface area contributed by atoms with Gasteiger partial charge in [-0.2, -0.15) is 0 Å². The zero-order valence-electron chi connectivity index (χ0n) is 10.7. The summed E-state index contributed by atoms with van der Waals surface area (Å²) in [6.45, 7) is 0. The molecule has 3 heteroatoms. The van der Waals surface area contributed by atoms with E-state index in [0.29, 0.717) is 6.42 Å². The van der Waals surface area contributed by atoms with Gasteiger partial charge in [0.15, 0.2) is 0 Å². The molecule has 1 amide bonds. The molecule has 0 unspecified atom stereocenters. The predicted octanol–water partition coefficient (Wildman–Crippen LogP) is 2.02. The van der Waals surface area contributed by atoms with Crippen LogP contribution in [0.5, 0.6) is 0 Å². The van der Waals surface area contributed by atoms with Crippen LogP contribution in [0.1, 0.15) is 12.0 Å². The van der Waals surface area contributed by atoms with E-state index in [9.17, 15) is 4.79 Å². The normalized spacial score (nSPS) is 10.3. The molecule has 0 aromatic heterocycles. The van der Waals surface area contributed by atoms with Gasteiger partial charge in [0.25, 0.3) is 0 Å².